The average molecular weight is 283 g/mol. The van der Waals surface area contributed by atoms with Gasteiger partial charge in [-0.05, 0) is 55.5 Å². The molecule has 0 spiro atoms. The zero-order chi connectivity index (χ0) is 14.3. The summed E-state index contributed by atoms with van der Waals surface area (Å²) in [6, 6.07) is 4.03. The average Bonchev–Trinajstić information content (AvgIpc) is 2.32. The van der Waals surface area contributed by atoms with Gasteiger partial charge >= 0.3 is 0 Å². The van der Waals surface area contributed by atoms with E-state index in [2.05, 4.69) is 43.6 Å². The largest absolute Gasteiger partial charge is 0.299 e. The Balaban J connectivity index is 2.56. The number of hydrogen-bond acceptors (Lipinski definition) is 2. The lowest BCUT2D eigenvalue weighted by Crippen LogP contribution is -2.27. The van der Waals surface area contributed by atoms with Gasteiger partial charge in [0, 0.05) is 12.7 Å². The van der Waals surface area contributed by atoms with Gasteiger partial charge in [0.1, 0.15) is 5.15 Å². The lowest BCUT2D eigenvalue weighted by atomic mass is 10.1. The number of nitrogens with zero attached hydrogens (tertiary/aromatic N) is 2. The SMILES string of the molecule is CC(C)CCN(CCC(C)C)Cc1ccnc(Cl)c1. The Morgan fingerprint density at radius 3 is 2.16 bits per heavy atom. The van der Waals surface area contributed by atoms with Gasteiger partial charge in [0.25, 0.3) is 0 Å². The van der Waals surface area contributed by atoms with E-state index in [0.29, 0.717) is 5.15 Å². The first-order valence-electron chi connectivity index (χ1n) is 7.30. The molecule has 0 aliphatic carbocycles. The van der Waals surface area contributed by atoms with Gasteiger partial charge in [-0.1, -0.05) is 39.3 Å². The standard InChI is InChI=1S/C16H27ClN2/c1-13(2)6-9-19(10-7-14(3)4)12-15-5-8-18-16(17)11-15/h5,8,11,13-14H,6-7,9-10,12H2,1-4H3. The highest BCUT2D eigenvalue weighted by atomic mass is 35.5. The van der Waals surface area contributed by atoms with Crippen molar-refractivity contribution in [3.63, 3.8) is 0 Å². The zero-order valence-corrected chi connectivity index (χ0v) is 13.5. The molecule has 1 heterocycles. The van der Waals surface area contributed by atoms with Crippen molar-refractivity contribution in [3.8, 4) is 0 Å². The maximum atomic E-state index is 5.95. The van der Waals surface area contributed by atoms with Crippen molar-refractivity contribution in [2.24, 2.45) is 11.8 Å². The van der Waals surface area contributed by atoms with E-state index in [1.54, 1.807) is 6.20 Å². The van der Waals surface area contributed by atoms with Crippen LogP contribution in [0.15, 0.2) is 18.3 Å². The highest BCUT2D eigenvalue weighted by molar-refractivity contribution is 6.29. The lowest BCUT2D eigenvalue weighted by Gasteiger charge is -2.24. The summed E-state index contributed by atoms with van der Waals surface area (Å²) in [4.78, 5) is 6.58. The summed E-state index contributed by atoms with van der Waals surface area (Å²) in [5.74, 6) is 1.50. The molecule has 19 heavy (non-hydrogen) atoms. The fourth-order valence-corrected chi connectivity index (χ4v) is 2.15. The summed E-state index contributed by atoms with van der Waals surface area (Å²) in [6.45, 7) is 12.4. The van der Waals surface area contributed by atoms with Crippen LogP contribution in [-0.2, 0) is 6.54 Å². The third kappa shape index (κ3) is 7.54. The predicted molar refractivity (Wildman–Crippen MR) is 83.4 cm³/mol. The van der Waals surface area contributed by atoms with Gasteiger partial charge in [-0.25, -0.2) is 4.98 Å². The first kappa shape index (κ1) is 16.5. The van der Waals surface area contributed by atoms with E-state index in [9.17, 15) is 0 Å². The Hall–Kier alpha value is -0.600. The Morgan fingerprint density at radius 2 is 1.68 bits per heavy atom. The molecule has 0 N–H and O–H groups in total. The molecule has 1 rings (SSSR count). The van der Waals surface area contributed by atoms with Crippen LogP contribution < -0.4 is 0 Å². The van der Waals surface area contributed by atoms with Crippen LogP contribution in [-0.4, -0.2) is 23.0 Å². The summed E-state index contributed by atoms with van der Waals surface area (Å²) in [5, 5.41) is 0.588. The highest BCUT2D eigenvalue weighted by Gasteiger charge is 2.08. The molecule has 0 atom stereocenters. The highest BCUT2D eigenvalue weighted by Crippen LogP contribution is 2.13. The van der Waals surface area contributed by atoms with Gasteiger partial charge in [0.05, 0.1) is 0 Å². The summed E-state index contributed by atoms with van der Waals surface area (Å²) < 4.78 is 0. The van der Waals surface area contributed by atoms with Crippen LogP contribution in [0.2, 0.25) is 5.15 Å². The quantitative estimate of drug-likeness (QED) is 0.646. The van der Waals surface area contributed by atoms with Crippen molar-refractivity contribution in [3.05, 3.63) is 29.0 Å². The number of rotatable bonds is 8. The van der Waals surface area contributed by atoms with Crippen LogP contribution in [0.4, 0.5) is 0 Å². The van der Waals surface area contributed by atoms with E-state index in [4.69, 9.17) is 11.6 Å². The Bertz CT molecular complexity index is 352. The minimum absolute atomic E-state index is 0.588. The maximum Gasteiger partial charge on any atom is 0.129 e. The molecule has 0 aliphatic heterocycles. The molecule has 3 heteroatoms. The van der Waals surface area contributed by atoms with Crippen LogP contribution in [0.25, 0.3) is 0 Å². The van der Waals surface area contributed by atoms with Crippen molar-refractivity contribution < 1.29 is 0 Å². The number of hydrogen-bond donors (Lipinski definition) is 0. The predicted octanol–water partition coefficient (Wildman–Crippen LogP) is 4.63. The molecule has 0 amide bonds. The molecular formula is C16H27ClN2. The Morgan fingerprint density at radius 1 is 1.11 bits per heavy atom. The van der Waals surface area contributed by atoms with Crippen molar-refractivity contribution in [1.29, 1.82) is 0 Å². The molecule has 0 bridgehead atoms. The molecule has 0 unspecified atom stereocenters. The van der Waals surface area contributed by atoms with Gasteiger partial charge in [0.2, 0.25) is 0 Å². The summed E-state index contributed by atoms with van der Waals surface area (Å²) in [6.07, 6.45) is 4.29. The lowest BCUT2D eigenvalue weighted by molar-refractivity contribution is 0.235. The van der Waals surface area contributed by atoms with Gasteiger partial charge < -0.3 is 0 Å². The Kier molecular flexibility index (Phi) is 7.40. The normalized spacial score (nSPS) is 11.8. The molecule has 108 valence electrons. The van der Waals surface area contributed by atoms with E-state index in [1.165, 1.54) is 18.4 Å². The second-order valence-electron chi connectivity index (χ2n) is 6.13. The first-order chi connectivity index (χ1) is 8.97. The molecule has 0 fully saturated rings. The molecular weight excluding hydrogens is 256 g/mol. The molecule has 2 nitrogen and oxygen atoms in total. The summed E-state index contributed by atoms with van der Waals surface area (Å²) in [7, 11) is 0. The second-order valence-corrected chi connectivity index (χ2v) is 6.52. The van der Waals surface area contributed by atoms with E-state index in [-0.39, 0.29) is 0 Å². The van der Waals surface area contributed by atoms with Crippen molar-refractivity contribution in [2.75, 3.05) is 13.1 Å². The van der Waals surface area contributed by atoms with Crippen molar-refractivity contribution in [2.45, 2.75) is 47.1 Å². The van der Waals surface area contributed by atoms with Gasteiger partial charge in [-0.3, -0.25) is 4.90 Å². The van der Waals surface area contributed by atoms with E-state index >= 15 is 0 Å². The minimum atomic E-state index is 0.588. The van der Waals surface area contributed by atoms with Crippen molar-refractivity contribution >= 4 is 11.6 Å². The third-order valence-electron chi connectivity index (χ3n) is 3.24. The van der Waals surface area contributed by atoms with Gasteiger partial charge in [0.15, 0.2) is 0 Å². The fourth-order valence-electron chi connectivity index (χ4n) is 1.95. The smallest absolute Gasteiger partial charge is 0.129 e. The molecule has 1 aromatic rings. The van der Waals surface area contributed by atoms with Crippen LogP contribution in [0, 0.1) is 11.8 Å². The summed E-state index contributed by atoms with van der Waals surface area (Å²) >= 11 is 5.95. The molecule has 0 aromatic carbocycles. The first-order valence-corrected chi connectivity index (χ1v) is 7.68. The van der Waals surface area contributed by atoms with E-state index in [1.807, 2.05) is 6.07 Å². The minimum Gasteiger partial charge on any atom is -0.299 e. The van der Waals surface area contributed by atoms with E-state index in [0.717, 1.165) is 31.5 Å². The molecule has 0 saturated carbocycles. The monoisotopic (exact) mass is 282 g/mol. The number of pyridine rings is 1. The van der Waals surface area contributed by atoms with E-state index < -0.39 is 0 Å². The van der Waals surface area contributed by atoms with Crippen molar-refractivity contribution in [1.82, 2.24) is 9.88 Å². The topological polar surface area (TPSA) is 16.1 Å². The third-order valence-corrected chi connectivity index (χ3v) is 3.45. The van der Waals surface area contributed by atoms with Gasteiger partial charge in [-0.15, -0.1) is 0 Å². The van der Waals surface area contributed by atoms with Crippen LogP contribution >= 0.6 is 11.6 Å². The fraction of sp³-hybridized carbons (Fsp3) is 0.688. The molecule has 1 aromatic heterocycles. The summed E-state index contributed by atoms with van der Waals surface area (Å²) in [5.41, 5.74) is 1.26. The molecule has 0 saturated heterocycles. The second kappa shape index (κ2) is 8.55. The Labute approximate surface area is 123 Å². The van der Waals surface area contributed by atoms with Crippen LogP contribution in [0.5, 0.6) is 0 Å². The van der Waals surface area contributed by atoms with Crippen LogP contribution in [0.1, 0.15) is 46.1 Å². The van der Waals surface area contributed by atoms with Crippen LogP contribution in [0.3, 0.4) is 0 Å². The molecule has 0 radical (unpaired) electrons. The van der Waals surface area contributed by atoms with Gasteiger partial charge in [-0.2, -0.15) is 0 Å². The molecule has 0 aliphatic rings. The number of halogens is 1. The number of aromatic nitrogens is 1. The zero-order valence-electron chi connectivity index (χ0n) is 12.7. The maximum absolute atomic E-state index is 5.95.